The number of carbonyl (C=O) groups excluding carboxylic acids is 1. The molecule has 2 atom stereocenters. The Morgan fingerprint density at radius 3 is 2.50 bits per heavy atom. The minimum absolute atomic E-state index is 0.0337. The van der Waals surface area contributed by atoms with Crippen LogP contribution in [-0.2, 0) is 16.0 Å². The topological polar surface area (TPSA) is 38.8 Å². The number of ether oxygens (including phenoxy) is 2. The lowest BCUT2D eigenvalue weighted by atomic mass is 9.84. The number of alkyl halides is 1. The van der Waals surface area contributed by atoms with Gasteiger partial charge in [-0.2, -0.15) is 0 Å². The molecule has 0 spiro atoms. The van der Waals surface area contributed by atoms with Gasteiger partial charge < -0.3 is 9.47 Å². The second kappa shape index (κ2) is 9.45. The highest BCUT2D eigenvalue weighted by Crippen LogP contribution is 2.50. The summed E-state index contributed by atoms with van der Waals surface area (Å²) in [6.07, 6.45) is 1.25. The Kier molecular flexibility index (Phi) is 6.76. The molecule has 2 aromatic rings. The first-order chi connectivity index (χ1) is 16.1. The lowest BCUT2D eigenvalue weighted by molar-refractivity contribution is -0.145. The molecule has 1 aliphatic heterocycles. The van der Waals surface area contributed by atoms with Crippen molar-refractivity contribution >= 4 is 11.5 Å². The smallest absolute Gasteiger partial charge is 0.344 e. The third-order valence-corrected chi connectivity index (χ3v) is 6.38. The molecule has 2 aliphatic rings. The monoisotopic (exact) mass is 473 g/mol. The quantitative estimate of drug-likeness (QED) is 0.477. The van der Waals surface area contributed by atoms with Gasteiger partial charge in [-0.3, -0.25) is 4.90 Å². The Morgan fingerprint density at radius 1 is 1.18 bits per heavy atom. The maximum atomic E-state index is 15.5. The summed E-state index contributed by atoms with van der Waals surface area (Å²) in [5.74, 6) is -2.30. The molecule has 4 rings (SSSR count). The van der Waals surface area contributed by atoms with Crippen LogP contribution in [0.4, 0.5) is 13.2 Å². The van der Waals surface area contributed by atoms with E-state index in [1.165, 1.54) is 13.8 Å². The molecule has 2 aromatic carbocycles. The maximum absolute atomic E-state index is 15.5. The number of hydrogen-bond acceptors (Lipinski definition) is 4. The van der Waals surface area contributed by atoms with Crippen LogP contribution in [0, 0.1) is 11.6 Å². The zero-order valence-corrected chi connectivity index (χ0v) is 20.0. The van der Waals surface area contributed by atoms with Gasteiger partial charge in [0, 0.05) is 30.3 Å². The predicted octanol–water partition coefficient (Wildman–Crippen LogP) is 5.80. The molecule has 0 aromatic heterocycles. The van der Waals surface area contributed by atoms with Gasteiger partial charge in [0.15, 0.2) is 6.61 Å². The Labute approximate surface area is 198 Å². The molecular formula is C27H30F3NO3. The SMILES string of the molecule is CCOC(=O)COc1cc(F)c([C@@H]2C3=C(C[C@@H](C)N2CC(C)(C)F)c2ccccc2C3)c(F)c1. The van der Waals surface area contributed by atoms with E-state index in [1.807, 2.05) is 36.1 Å². The van der Waals surface area contributed by atoms with Crippen molar-refractivity contribution in [2.75, 3.05) is 19.8 Å². The van der Waals surface area contributed by atoms with Gasteiger partial charge in [0.25, 0.3) is 0 Å². The van der Waals surface area contributed by atoms with Gasteiger partial charge in [-0.25, -0.2) is 18.0 Å². The van der Waals surface area contributed by atoms with Crippen molar-refractivity contribution in [1.29, 1.82) is 0 Å². The van der Waals surface area contributed by atoms with Gasteiger partial charge in [0.05, 0.1) is 12.6 Å². The van der Waals surface area contributed by atoms with E-state index in [1.54, 1.807) is 6.92 Å². The third-order valence-electron chi connectivity index (χ3n) is 6.38. The van der Waals surface area contributed by atoms with Crippen molar-refractivity contribution in [2.24, 2.45) is 0 Å². The van der Waals surface area contributed by atoms with E-state index in [4.69, 9.17) is 9.47 Å². The van der Waals surface area contributed by atoms with E-state index in [9.17, 15) is 9.18 Å². The van der Waals surface area contributed by atoms with E-state index in [0.29, 0.717) is 12.8 Å². The molecule has 1 aliphatic carbocycles. The van der Waals surface area contributed by atoms with Crippen molar-refractivity contribution in [3.63, 3.8) is 0 Å². The van der Waals surface area contributed by atoms with E-state index < -0.39 is 35.9 Å². The van der Waals surface area contributed by atoms with Gasteiger partial charge in [0.2, 0.25) is 0 Å². The van der Waals surface area contributed by atoms with Crippen LogP contribution in [0.5, 0.6) is 5.75 Å². The molecule has 4 nitrogen and oxygen atoms in total. The number of nitrogens with zero attached hydrogens (tertiary/aromatic N) is 1. The van der Waals surface area contributed by atoms with Crippen molar-refractivity contribution < 1.29 is 27.4 Å². The number of hydrogen-bond donors (Lipinski definition) is 0. The Morgan fingerprint density at radius 2 is 1.85 bits per heavy atom. The molecule has 182 valence electrons. The number of benzene rings is 2. The summed E-state index contributed by atoms with van der Waals surface area (Å²) in [6, 6.07) is 9.27. The molecule has 34 heavy (non-hydrogen) atoms. The first kappa shape index (κ1) is 24.3. The van der Waals surface area contributed by atoms with E-state index in [2.05, 4.69) is 0 Å². The third kappa shape index (κ3) is 4.85. The van der Waals surface area contributed by atoms with Crippen LogP contribution in [0.2, 0.25) is 0 Å². The van der Waals surface area contributed by atoms with Crippen molar-refractivity contribution in [2.45, 2.75) is 58.3 Å². The molecular weight excluding hydrogens is 443 g/mol. The van der Waals surface area contributed by atoms with Gasteiger partial charge in [-0.05, 0) is 62.8 Å². The summed E-state index contributed by atoms with van der Waals surface area (Å²) >= 11 is 0. The Bertz CT molecular complexity index is 1100. The van der Waals surface area contributed by atoms with Crippen LogP contribution in [-0.4, -0.2) is 42.3 Å². The summed E-state index contributed by atoms with van der Waals surface area (Å²) in [6.45, 7) is 6.35. The number of fused-ring (bicyclic) bond motifs is 2. The highest BCUT2D eigenvalue weighted by molar-refractivity contribution is 5.79. The second-order valence-electron chi connectivity index (χ2n) is 9.58. The predicted molar refractivity (Wildman–Crippen MR) is 124 cm³/mol. The molecule has 0 amide bonds. The van der Waals surface area contributed by atoms with Crippen LogP contribution < -0.4 is 4.74 Å². The zero-order valence-electron chi connectivity index (χ0n) is 20.0. The lowest BCUT2D eigenvalue weighted by Gasteiger charge is -2.44. The van der Waals surface area contributed by atoms with Crippen molar-refractivity contribution in [3.8, 4) is 5.75 Å². The summed E-state index contributed by atoms with van der Waals surface area (Å²) in [7, 11) is 0. The average Bonchev–Trinajstić information content (AvgIpc) is 3.11. The average molecular weight is 474 g/mol. The highest BCUT2D eigenvalue weighted by atomic mass is 19.1. The number of halogens is 3. The summed E-state index contributed by atoms with van der Waals surface area (Å²) in [5, 5.41) is 0. The first-order valence-corrected chi connectivity index (χ1v) is 11.6. The van der Waals surface area contributed by atoms with Crippen LogP contribution >= 0.6 is 0 Å². The number of carbonyl (C=O) groups is 1. The summed E-state index contributed by atoms with van der Waals surface area (Å²) < 4.78 is 55.9. The van der Waals surface area contributed by atoms with Crippen molar-refractivity contribution in [3.05, 3.63) is 70.3 Å². The van der Waals surface area contributed by atoms with Gasteiger partial charge in [-0.1, -0.05) is 24.3 Å². The lowest BCUT2D eigenvalue weighted by Crippen LogP contribution is -2.47. The number of rotatable bonds is 7. The fourth-order valence-corrected chi connectivity index (χ4v) is 5.10. The van der Waals surface area contributed by atoms with E-state index >= 15 is 8.78 Å². The van der Waals surface area contributed by atoms with E-state index in [-0.39, 0.29) is 30.5 Å². The van der Waals surface area contributed by atoms with Crippen molar-refractivity contribution in [1.82, 2.24) is 4.90 Å². The van der Waals surface area contributed by atoms with Crippen LogP contribution in [0.15, 0.2) is 42.0 Å². The molecule has 0 saturated carbocycles. The largest absolute Gasteiger partial charge is 0.482 e. The van der Waals surface area contributed by atoms with E-state index in [0.717, 1.165) is 34.4 Å². The Hall–Kier alpha value is -2.80. The molecule has 0 fully saturated rings. The molecule has 0 radical (unpaired) electrons. The summed E-state index contributed by atoms with van der Waals surface area (Å²) in [4.78, 5) is 13.4. The number of esters is 1. The fourth-order valence-electron chi connectivity index (χ4n) is 5.10. The highest BCUT2D eigenvalue weighted by Gasteiger charge is 2.42. The minimum atomic E-state index is -1.55. The molecule has 0 N–H and O–H groups in total. The summed E-state index contributed by atoms with van der Waals surface area (Å²) in [5.41, 5.74) is 2.53. The van der Waals surface area contributed by atoms with Crippen LogP contribution in [0.1, 0.15) is 56.8 Å². The first-order valence-electron chi connectivity index (χ1n) is 11.6. The molecule has 7 heteroatoms. The zero-order chi connectivity index (χ0) is 24.6. The van der Waals surface area contributed by atoms with Gasteiger partial charge >= 0.3 is 5.97 Å². The standard InChI is InChI=1S/C27H30F3NO3/c1-5-33-24(32)14-34-18-12-22(28)25(23(29)13-18)26-21-11-17-8-6-7-9-19(17)20(21)10-16(2)31(26)15-27(3,4)30/h6-9,12-13,16,26H,5,10-11,14-15H2,1-4H3/t16-,26+/m1/s1. The fraction of sp³-hybridized carbons (Fsp3) is 0.444. The van der Waals surface area contributed by atoms with Crippen LogP contribution in [0.25, 0.3) is 5.57 Å². The molecule has 1 heterocycles. The normalized spacial score (nSPS) is 20.2. The van der Waals surface area contributed by atoms with Gasteiger partial charge in [0.1, 0.15) is 23.1 Å². The molecule has 0 bridgehead atoms. The second-order valence-corrected chi connectivity index (χ2v) is 9.58. The van der Waals surface area contributed by atoms with Crippen LogP contribution in [0.3, 0.4) is 0 Å². The molecule has 0 unspecified atom stereocenters. The Balaban J connectivity index is 1.75. The minimum Gasteiger partial charge on any atom is -0.482 e. The molecule has 0 saturated heterocycles. The maximum Gasteiger partial charge on any atom is 0.344 e. The van der Waals surface area contributed by atoms with Gasteiger partial charge in [-0.15, -0.1) is 0 Å².